The number of amides is 1. The van der Waals surface area contributed by atoms with Crippen LogP contribution in [0, 0.1) is 0 Å². The summed E-state index contributed by atoms with van der Waals surface area (Å²) in [6, 6.07) is 15.6. The predicted molar refractivity (Wildman–Crippen MR) is 118 cm³/mol. The van der Waals surface area contributed by atoms with E-state index in [0.29, 0.717) is 16.6 Å². The molecule has 0 aliphatic heterocycles. The SMILES string of the molecule is COc1ccc(/C=C/C(=O)Nc2nnc(SC(C)c3ccccc3)s2)cc1OC. The van der Waals surface area contributed by atoms with Gasteiger partial charge in [0.25, 0.3) is 0 Å². The van der Waals surface area contributed by atoms with Gasteiger partial charge in [-0.3, -0.25) is 10.1 Å². The van der Waals surface area contributed by atoms with E-state index < -0.39 is 0 Å². The topological polar surface area (TPSA) is 73.3 Å². The Morgan fingerprint density at radius 1 is 1.10 bits per heavy atom. The molecule has 0 fully saturated rings. The van der Waals surface area contributed by atoms with Crippen molar-refractivity contribution in [2.24, 2.45) is 0 Å². The fourth-order valence-corrected chi connectivity index (χ4v) is 4.55. The van der Waals surface area contributed by atoms with Crippen LogP contribution in [0.5, 0.6) is 11.5 Å². The van der Waals surface area contributed by atoms with Crippen LogP contribution in [0.4, 0.5) is 5.13 Å². The van der Waals surface area contributed by atoms with Gasteiger partial charge in [0.05, 0.1) is 14.2 Å². The monoisotopic (exact) mass is 427 g/mol. The molecule has 150 valence electrons. The molecule has 2 aromatic carbocycles. The molecule has 6 nitrogen and oxygen atoms in total. The van der Waals surface area contributed by atoms with Crippen LogP contribution in [0.25, 0.3) is 6.08 Å². The first-order valence-corrected chi connectivity index (χ1v) is 10.5. The second-order valence-corrected chi connectivity index (χ2v) is 8.55. The summed E-state index contributed by atoms with van der Waals surface area (Å²) < 4.78 is 11.3. The summed E-state index contributed by atoms with van der Waals surface area (Å²) in [4.78, 5) is 12.2. The molecule has 3 rings (SSSR count). The quantitative estimate of drug-likeness (QED) is 0.308. The molecule has 0 aliphatic rings. The number of rotatable bonds is 8. The van der Waals surface area contributed by atoms with E-state index in [9.17, 15) is 4.79 Å². The Morgan fingerprint density at radius 2 is 1.86 bits per heavy atom. The standard InChI is InChI=1S/C21H21N3O3S2/c1-14(16-7-5-4-6-8-16)28-21-24-23-20(29-21)22-19(25)12-10-15-9-11-17(26-2)18(13-15)27-3/h4-14H,1-3H3,(H,22,23,25)/b12-10+. The zero-order valence-electron chi connectivity index (χ0n) is 16.3. The molecule has 0 radical (unpaired) electrons. The smallest absolute Gasteiger partial charge is 0.250 e. The maximum atomic E-state index is 12.2. The first-order chi connectivity index (χ1) is 14.1. The van der Waals surface area contributed by atoms with Crippen molar-refractivity contribution in [3.8, 4) is 11.5 Å². The molecule has 1 heterocycles. The van der Waals surface area contributed by atoms with Gasteiger partial charge in [0.2, 0.25) is 11.0 Å². The molecule has 3 aromatic rings. The molecule has 1 amide bonds. The number of methoxy groups -OCH3 is 2. The highest BCUT2D eigenvalue weighted by Gasteiger charge is 2.12. The first kappa shape index (κ1) is 20.9. The summed E-state index contributed by atoms with van der Waals surface area (Å²) in [5.74, 6) is 0.967. The van der Waals surface area contributed by atoms with E-state index in [2.05, 4.69) is 34.6 Å². The number of carbonyl (C=O) groups excluding carboxylic acids is 1. The van der Waals surface area contributed by atoms with Gasteiger partial charge in [-0.05, 0) is 36.3 Å². The number of ether oxygens (including phenoxy) is 2. The molecule has 1 aromatic heterocycles. The van der Waals surface area contributed by atoms with Crippen molar-refractivity contribution in [2.75, 3.05) is 19.5 Å². The lowest BCUT2D eigenvalue weighted by atomic mass is 10.2. The zero-order valence-corrected chi connectivity index (χ0v) is 17.9. The molecular formula is C21H21N3O3S2. The number of thioether (sulfide) groups is 1. The van der Waals surface area contributed by atoms with Crippen molar-refractivity contribution in [1.29, 1.82) is 0 Å². The summed E-state index contributed by atoms with van der Waals surface area (Å²) in [6.45, 7) is 2.12. The van der Waals surface area contributed by atoms with Gasteiger partial charge in [0.1, 0.15) is 0 Å². The number of nitrogens with zero attached hydrogens (tertiary/aromatic N) is 2. The highest BCUT2D eigenvalue weighted by Crippen LogP contribution is 2.37. The largest absolute Gasteiger partial charge is 0.493 e. The Bertz CT molecular complexity index is 990. The summed E-state index contributed by atoms with van der Waals surface area (Å²) >= 11 is 2.97. The maximum absolute atomic E-state index is 12.2. The Balaban J connectivity index is 1.58. The number of nitrogens with one attached hydrogen (secondary N) is 1. The molecular weight excluding hydrogens is 406 g/mol. The molecule has 0 saturated heterocycles. The van der Waals surface area contributed by atoms with Gasteiger partial charge in [-0.15, -0.1) is 10.2 Å². The second kappa shape index (κ2) is 10.1. The van der Waals surface area contributed by atoms with Gasteiger partial charge in [-0.1, -0.05) is 59.5 Å². The van der Waals surface area contributed by atoms with E-state index in [1.54, 1.807) is 44.2 Å². The predicted octanol–water partition coefficient (Wildman–Crippen LogP) is 5.06. The van der Waals surface area contributed by atoms with E-state index in [1.165, 1.54) is 23.0 Å². The molecule has 29 heavy (non-hydrogen) atoms. The fraction of sp³-hybridized carbons (Fsp3) is 0.190. The van der Waals surface area contributed by atoms with E-state index in [4.69, 9.17) is 9.47 Å². The normalized spacial score (nSPS) is 12.0. The lowest BCUT2D eigenvalue weighted by Gasteiger charge is -2.08. The number of hydrogen-bond acceptors (Lipinski definition) is 7. The van der Waals surface area contributed by atoms with Crippen molar-refractivity contribution in [2.45, 2.75) is 16.5 Å². The Labute approximate surface area is 178 Å². The molecule has 1 atom stereocenters. The van der Waals surface area contributed by atoms with Crippen molar-refractivity contribution >= 4 is 40.2 Å². The summed E-state index contributed by atoms with van der Waals surface area (Å²) in [6.07, 6.45) is 3.15. The lowest BCUT2D eigenvalue weighted by Crippen LogP contribution is -2.07. The Morgan fingerprint density at radius 3 is 2.59 bits per heavy atom. The average Bonchev–Trinajstić information content (AvgIpc) is 3.19. The third kappa shape index (κ3) is 5.82. The molecule has 8 heteroatoms. The summed E-state index contributed by atoms with van der Waals surface area (Å²) in [5, 5.41) is 11.7. The molecule has 1 N–H and O–H groups in total. The van der Waals surface area contributed by atoms with Crippen LogP contribution in [-0.4, -0.2) is 30.3 Å². The van der Waals surface area contributed by atoms with Crippen LogP contribution >= 0.6 is 23.1 Å². The van der Waals surface area contributed by atoms with Crippen LogP contribution in [0.3, 0.4) is 0 Å². The number of hydrogen-bond donors (Lipinski definition) is 1. The van der Waals surface area contributed by atoms with Crippen LogP contribution in [0.15, 0.2) is 58.9 Å². The van der Waals surface area contributed by atoms with E-state index in [1.807, 2.05) is 24.3 Å². The summed E-state index contributed by atoms with van der Waals surface area (Å²) in [5.41, 5.74) is 2.04. The van der Waals surface area contributed by atoms with Crippen LogP contribution < -0.4 is 14.8 Å². The minimum Gasteiger partial charge on any atom is -0.493 e. The Kier molecular flexibility index (Phi) is 7.26. The van der Waals surface area contributed by atoms with Crippen molar-refractivity contribution in [3.63, 3.8) is 0 Å². The van der Waals surface area contributed by atoms with Crippen molar-refractivity contribution in [3.05, 3.63) is 65.7 Å². The highest BCUT2D eigenvalue weighted by molar-refractivity contribution is 8.01. The average molecular weight is 428 g/mol. The van der Waals surface area contributed by atoms with E-state index >= 15 is 0 Å². The molecule has 0 aliphatic carbocycles. The summed E-state index contributed by atoms with van der Waals surface area (Å²) in [7, 11) is 3.15. The van der Waals surface area contributed by atoms with E-state index in [0.717, 1.165) is 9.90 Å². The second-order valence-electron chi connectivity index (χ2n) is 5.98. The van der Waals surface area contributed by atoms with Crippen LogP contribution in [-0.2, 0) is 4.79 Å². The number of benzene rings is 2. The van der Waals surface area contributed by atoms with E-state index in [-0.39, 0.29) is 11.2 Å². The lowest BCUT2D eigenvalue weighted by molar-refractivity contribution is -0.111. The number of anilines is 1. The number of aromatic nitrogens is 2. The number of carbonyl (C=O) groups is 1. The third-order valence-corrected chi connectivity index (χ3v) is 6.10. The maximum Gasteiger partial charge on any atom is 0.250 e. The van der Waals surface area contributed by atoms with Crippen molar-refractivity contribution in [1.82, 2.24) is 10.2 Å². The van der Waals surface area contributed by atoms with Gasteiger partial charge in [0, 0.05) is 11.3 Å². The Hall–Kier alpha value is -2.84. The minimum absolute atomic E-state index is 0.248. The van der Waals surface area contributed by atoms with Gasteiger partial charge < -0.3 is 9.47 Å². The van der Waals surface area contributed by atoms with Gasteiger partial charge in [-0.2, -0.15) is 0 Å². The highest BCUT2D eigenvalue weighted by atomic mass is 32.2. The van der Waals surface area contributed by atoms with Gasteiger partial charge >= 0.3 is 0 Å². The first-order valence-electron chi connectivity index (χ1n) is 8.85. The molecule has 0 bridgehead atoms. The van der Waals surface area contributed by atoms with Crippen LogP contribution in [0.1, 0.15) is 23.3 Å². The molecule has 0 saturated carbocycles. The van der Waals surface area contributed by atoms with Gasteiger partial charge in [0.15, 0.2) is 15.8 Å². The zero-order chi connectivity index (χ0) is 20.6. The van der Waals surface area contributed by atoms with Gasteiger partial charge in [-0.25, -0.2) is 0 Å². The molecule has 0 spiro atoms. The third-order valence-electron chi connectivity index (χ3n) is 4.02. The van der Waals surface area contributed by atoms with Crippen LogP contribution in [0.2, 0.25) is 0 Å². The molecule has 1 unspecified atom stereocenters. The fourth-order valence-electron chi connectivity index (χ4n) is 2.53. The van der Waals surface area contributed by atoms with Crippen molar-refractivity contribution < 1.29 is 14.3 Å². The minimum atomic E-state index is -0.274.